The van der Waals surface area contributed by atoms with Crippen LogP contribution < -0.4 is 14.8 Å². The number of hydrogen-bond acceptors (Lipinski definition) is 5. The third-order valence-electron chi connectivity index (χ3n) is 2.85. The van der Waals surface area contributed by atoms with Gasteiger partial charge in [0.1, 0.15) is 28.9 Å². The molecule has 2 aromatic rings. The molecule has 6 heteroatoms. The number of nitrogens with zero attached hydrogens (tertiary/aromatic N) is 1. The van der Waals surface area contributed by atoms with E-state index in [1.165, 1.54) is 26.6 Å². The van der Waals surface area contributed by atoms with Crippen LogP contribution in [-0.4, -0.2) is 20.1 Å². The van der Waals surface area contributed by atoms with Crippen molar-refractivity contribution in [2.75, 3.05) is 19.5 Å². The van der Waals surface area contributed by atoms with Gasteiger partial charge in [-0.25, -0.2) is 0 Å². The minimum absolute atomic E-state index is 0.0761. The van der Waals surface area contributed by atoms with Crippen molar-refractivity contribution in [3.8, 4) is 17.6 Å². The van der Waals surface area contributed by atoms with Crippen molar-refractivity contribution in [1.29, 1.82) is 5.26 Å². The fraction of sp³-hybridized carbons (Fsp3) is 0.125. The average molecular weight is 298 g/mol. The van der Waals surface area contributed by atoms with Crippen molar-refractivity contribution in [3.05, 3.63) is 47.9 Å². The lowest BCUT2D eigenvalue weighted by Gasteiger charge is -2.11. The van der Waals surface area contributed by atoms with E-state index in [4.69, 9.17) is 19.2 Å². The topological polar surface area (TPSA) is 84.5 Å². The molecule has 0 atom stereocenters. The first kappa shape index (κ1) is 15.2. The molecule has 0 bridgehead atoms. The summed E-state index contributed by atoms with van der Waals surface area (Å²) in [6.45, 7) is 0. The van der Waals surface area contributed by atoms with Gasteiger partial charge in [-0.1, -0.05) is 0 Å². The Bertz CT molecular complexity index is 727. The number of nitrogens with one attached hydrogen (secondary N) is 1. The van der Waals surface area contributed by atoms with E-state index in [1.54, 1.807) is 30.3 Å². The lowest BCUT2D eigenvalue weighted by atomic mass is 10.2. The Morgan fingerprint density at radius 3 is 2.73 bits per heavy atom. The van der Waals surface area contributed by atoms with Gasteiger partial charge in [0.15, 0.2) is 0 Å². The van der Waals surface area contributed by atoms with Gasteiger partial charge in [-0.2, -0.15) is 5.26 Å². The SMILES string of the molecule is COc1ccc(NC(=O)/C(C#N)=C\c2ccco2)c(OC)c1. The molecule has 1 amide bonds. The molecular formula is C16H14N2O4. The van der Waals surface area contributed by atoms with E-state index in [9.17, 15) is 4.79 Å². The second kappa shape index (κ2) is 6.99. The van der Waals surface area contributed by atoms with Crippen LogP contribution in [0.2, 0.25) is 0 Å². The number of amides is 1. The number of rotatable bonds is 5. The number of hydrogen-bond donors (Lipinski definition) is 1. The van der Waals surface area contributed by atoms with Crippen LogP contribution in [0.5, 0.6) is 11.5 Å². The van der Waals surface area contributed by atoms with E-state index in [2.05, 4.69) is 5.32 Å². The summed E-state index contributed by atoms with van der Waals surface area (Å²) in [6, 6.07) is 10.1. The zero-order valence-electron chi connectivity index (χ0n) is 12.1. The summed E-state index contributed by atoms with van der Waals surface area (Å²) in [5, 5.41) is 11.7. The predicted octanol–water partition coefficient (Wildman–Crippen LogP) is 2.84. The number of carbonyl (C=O) groups is 1. The molecule has 0 fully saturated rings. The van der Waals surface area contributed by atoms with Crippen LogP contribution in [0.1, 0.15) is 5.76 Å². The van der Waals surface area contributed by atoms with Crippen LogP contribution in [0.15, 0.2) is 46.6 Å². The number of carbonyl (C=O) groups excluding carboxylic acids is 1. The lowest BCUT2D eigenvalue weighted by molar-refractivity contribution is -0.112. The third kappa shape index (κ3) is 3.46. The Kier molecular flexibility index (Phi) is 4.83. The number of nitriles is 1. The van der Waals surface area contributed by atoms with Crippen molar-refractivity contribution in [2.45, 2.75) is 0 Å². The summed E-state index contributed by atoms with van der Waals surface area (Å²) < 4.78 is 15.4. The fourth-order valence-corrected chi connectivity index (χ4v) is 1.76. The number of benzene rings is 1. The van der Waals surface area contributed by atoms with Gasteiger partial charge in [0.05, 0.1) is 26.2 Å². The summed E-state index contributed by atoms with van der Waals surface area (Å²) in [5.41, 5.74) is 0.363. The van der Waals surface area contributed by atoms with Crippen LogP contribution in [0.4, 0.5) is 5.69 Å². The highest BCUT2D eigenvalue weighted by Gasteiger charge is 2.13. The summed E-state index contributed by atoms with van der Waals surface area (Å²) in [6.07, 6.45) is 2.83. The lowest BCUT2D eigenvalue weighted by Crippen LogP contribution is -2.14. The molecule has 0 aliphatic rings. The smallest absolute Gasteiger partial charge is 0.266 e. The van der Waals surface area contributed by atoms with Crippen molar-refractivity contribution >= 4 is 17.7 Å². The van der Waals surface area contributed by atoms with Crippen molar-refractivity contribution in [1.82, 2.24) is 0 Å². The molecule has 0 saturated heterocycles. The fourth-order valence-electron chi connectivity index (χ4n) is 1.76. The van der Waals surface area contributed by atoms with Crippen molar-refractivity contribution in [2.24, 2.45) is 0 Å². The maximum Gasteiger partial charge on any atom is 0.266 e. The van der Waals surface area contributed by atoms with Crippen LogP contribution in [0.25, 0.3) is 6.08 Å². The van der Waals surface area contributed by atoms with E-state index >= 15 is 0 Å². The maximum atomic E-state index is 12.2. The molecule has 0 unspecified atom stereocenters. The van der Waals surface area contributed by atoms with Crippen LogP contribution >= 0.6 is 0 Å². The predicted molar refractivity (Wildman–Crippen MR) is 80.5 cm³/mol. The highest BCUT2D eigenvalue weighted by Crippen LogP contribution is 2.29. The maximum absolute atomic E-state index is 12.2. The molecular weight excluding hydrogens is 284 g/mol. The molecule has 0 saturated carbocycles. The van der Waals surface area contributed by atoms with E-state index in [-0.39, 0.29) is 5.57 Å². The first-order valence-electron chi connectivity index (χ1n) is 6.36. The molecule has 1 N–H and O–H groups in total. The summed E-state index contributed by atoms with van der Waals surface area (Å²) in [4.78, 5) is 12.2. The van der Waals surface area contributed by atoms with Gasteiger partial charge in [0.25, 0.3) is 5.91 Å². The number of anilines is 1. The Morgan fingerprint density at radius 1 is 1.32 bits per heavy atom. The van der Waals surface area contributed by atoms with Gasteiger partial charge in [-0.3, -0.25) is 4.79 Å². The molecule has 1 aromatic carbocycles. The number of methoxy groups -OCH3 is 2. The first-order chi connectivity index (χ1) is 10.7. The minimum atomic E-state index is -0.553. The molecule has 0 aliphatic heterocycles. The van der Waals surface area contributed by atoms with Crippen LogP contribution in [0, 0.1) is 11.3 Å². The largest absolute Gasteiger partial charge is 0.497 e. The Hall–Kier alpha value is -3.20. The molecule has 0 spiro atoms. The van der Waals surface area contributed by atoms with E-state index in [0.29, 0.717) is 22.9 Å². The Labute approximate surface area is 127 Å². The van der Waals surface area contributed by atoms with Gasteiger partial charge in [0, 0.05) is 12.1 Å². The zero-order valence-corrected chi connectivity index (χ0v) is 12.1. The summed E-state index contributed by atoms with van der Waals surface area (Å²) in [7, 11) is 3.02. The normalized spacial score (nSPS) is 10.7. The van der Waals surface area contributed by atoms with Gasteiger partial charge < -0.3 is 19.2 Å². The summed E-state index contributed by atoms with van der Waals surface area (Å²) >= 11 is 0. The molecule has 22 heavy (non-hydrogen) atoms. The van der Waals surface area contributed by atoms with Crippen molar-refractivity contribution in [3.63, 3.8) is 0 Å². The quantitative estimate of drug-likeness (QED) is 0.677. The molecule has 1 aromatic heterocycles. The summed E-state index contributed by atoms with van der Waals surface area (Å²) in [5.74, 6) is 0.903. The highest BCUT2D eigenvalue weighted by atomic mass is 16.5. The molecule has 0 radical (unpaired) electrons. The Morgan fingerprint density at radius 2 is 2.14 bits per heavy atom. The van der Waals surface area contributed by atoms with Crippen LogP contribution in [0.3, 0.4) is 0 Å². The molecule has 1 heterocycles. The highest BCUT2D eigenvalue weighted by molar-refractivity contribution is 6.10. The van der Waals surface area contributed by atoms with Gasteiger partial charge in [-0.15, -0.1) is 0 Å². The molecule has 2 rings (SSSR count). The monoisotopic (exact) mass is 298 g/mol. The number of furan rings is 1. The molecule has 6 nitrogen and oxygen atoms in total. The standard InChI is InChI=1S/C16H14N2O4/c1-20-12-5-6-14(15(9-12)21-2)18-16(19)11(10-17)8-13-4-3-7-22-13/h3-9H,1-2H3,(H,18,19)/b11-8-. The van der Waals surface area contributed by atoms with Gasteiger partial charge in [0.2, 0.25) is 0 Å². The second-order valence-corrected chi connectivity index (χ2v) is 4.21. The van der Waals surface area contributed by atoms with E-state index in [0.717, 1.165) is 0 Å². The zero-order chi connectivity index (χ0) is 15.9. The van der Waals surface area contributed by atoms with E-state index < -0.39 is 5.91 Å². The van der Waals surface area contributed by atoms with Gasteiger partial charge >= 0.3 is 0 Å². The molecule has 112 valence electrons. The third-order valence-corrected chi connectivity index (χ3v) is 2.85. The molecule has 0 aliphatic carbocycles. The minimum Gasteiger partial charge on any atom is -0.497 e. The average Bonchev–Trinajstić information content (AvgIpc) is 3.05. The van der Waals surface area contributed by atoms with Gasteiger partial charge in [-0.05, 0) is 24.3 Å². The Balaban J connectivity index is 2.23. The number of ether oxygens (including phenoxy) is 2. The second-order valence-electron chi connectivity index (χ2n) is 4.21. The van der Waals surface area contributed by atoms with E-state index in [1.807, 2.05) is 6.07 Å². The van der Waals surface area contributed by atoms with Crippen LogP contribution in [-0.2, 0) is 4.79 Å². The van der Waals surface area contributed by atoms with Crippen molar-refractivity contribution < 1.29 is 18.7 Å². The first-order valence-corrected chi connectivity index (χ1v) is 6.36.